The average molecular weight is 295 g/mol. The number of rotatable bonds is 3. The Morgan fingerprint density at radius 2 is 1.88 bits per heavy atom. The molecule has 0 unspecified atom stereocenters. The summed E-state index contributed by atoms with van der Waals surface area (Å²) in [7, 11) is 0. The maximum Gasteiger partial charge on any atom is 0.332 e. The molecule has 17 heavy (non-hydrogen) atoms. The van der Waals surface area contributed by atoms with Gasteiger partial charge in [0.25, 0.3) is 0 Å². The van der Waals surface area contributed by atoms with Crippen molar-refractivity contribution in [2.45, 2.75) is 13.5 Å². The third-order valence-corrected chi connectivity index (χ3v) is 2.97. The third-order valence-electron chi connectivity index (χ3n) is 1.77. The first kappa shape index (κ1) is 14.2. The van der Waals surface area contributed by atoms with Crippen LogP contribution in [0, 0.1) is 0 Å². The van der Waals surface area contributed by atoms with Crippen LogP contribution in [0.25, 0.3) is 0 Å². The van der Waals surface area contributed by atoms with Gasteiger partial charge < -0.3 is 10.5 Å². The number of carbonyl (C=O) groups excluding carboxylic acids is 1. The Morgan fingerprint density at radius 1 is 1.35 bits per heavy atom. The lowest BCUT2D eigenvalue weighted by Gasteiger charge is -2.05. The van der Waals surface area contributed by atoms with Crippen molar-refractivity contribution in [3.05, 3.63) is 44.5 Å². The molecule has 0 bridgehead atoms. The molecule has 0 fully saturated rings. The summed E-state index contributed by atoms with van der Waals surface area (Å²) in [6, 6.07) is 3.17. The van der Waals surface area contributed by atoms with Gasteiger partial charge in [0.2, 0.25) is 0 Å². The Balaban J connectivity index is 2.71. The van der Waals surface area contributed by atoms with Crippen LogP contribution in [0.3, 0.4) is 0 Å². The first-order valence-corrected chi connectivity index (χ1v) is 5.77. The SMILES string of the molecule is C/C(N)=C/C(=O)OCc1cc(Cl)c(Cl)c(Cl)c1. The summed E-state index contributed by atoms with van der Waals surface area (Å²) in [5, 5.41) is 0.910. The number of halogens is 3. The standard InChI is InChI=1S/C11H10Cl3NO2/c1-6(15)2-10(16)17-5-7-3-8(12)11(14)9(13)4-7/h2-4H,5,15H2,1H3/b6-2-. The van der Waals surface area contributed by atoms with Gasteiger partial charge in [-0.2, -0.15) is 0 Å². The normalized spacial score (nSPS) is 11.4. The van der Waals surface area contributed by atoms with Gasteiger partial charge in [-0.1, -0.05) is 34.8 Å². The van der Waals surface area contributed by atoms with Gasteiger partial charge in [-0.25, -0.2) is 4.79 Å². The van der Waals surface area contributed by atoms with Crippen LogP contribution >= 0.6 is 34.8 Å². The molecule has 1 aromatic rings. The molecular weight excluding hydrogens is 284 g/mol. The Morgan fingerprint density at radius 3 is 2.35 bits per heavy atom. The first-order chi connectivity index (χ1) is 7.90. The van der Waals surface area contributed by atoms with Crippen molar-refractivity contribution in [2.75, 3.05) is 0 Å². The van der Waals surface area contributed by atoms with Crippen molar-refractivity contribution in [1.29, 1.82) is 0 Å². The van der Waals surface area contributed by atoms with Crippen LogP contribution in [-0.2, 0) is 16.1 Å². The number of nitrogens with two attached hydrogens (primary N) is 1. The first-order valence-electron chi connectivity index (χ1n) is 4.64. The number of carbonyl (C=O) groups is 1. The second-order valence-electron chi connectivity index (χ2n) is 3.37. The van der Waals surface area contributed by atoms with E-state index in [4.69, 9.17) is 45.3 Å². The van der Waals surface area contributed by atoms with E-state index in [2.05, 4.69) is 0 Å². The summed E-state index contributed by atoms with van der Waals surface area (Å²) in [6.45, 7) is 1.65. The largest absolute Gasteiger partial charge is 0.458 e. The average Bonchev–Trinajstić information content (AvgIpc) is 2.22. The van der Waals surface area contributed by atoms with E-state index in [1.54, 1.807) is 19.1 Å². The van der Waals surface area contributed by atoms with E-state index < -0.39 is 5.97 Å². The lowest BCUT2D eigenvalue weighted by atomic mass is 10.2. The minimum atomic E-state index is -0.521. The smallest absolute Gasteiger partial charge is 0.332 e. The van der Waals surface area contributed by atoms with Crippen LogP contribution in [0.2, 0.25) is 15.1 Å². The summed E-state index contributed by atoms with van der Waals surface area (Å²) >= 11 is 17.4. The highest BCUT2D eigenvalue weighted by Gasteiger charge is 2.07. The zero-order valence-corrected chi connectivity index (χ0v) is 11.2. The molecule has 3 nitrogen and oxygen atoms in total. The number of esters is 1. The number of allylic oxidation sites excluding steroid dienone is 1. The molecule has 0 saturated carbocycles. The summed E-state index contributed by atoms with van der Waals surface area (Å²) in [5.41, 5.74) is 6.36. The predicted molar refractivity (Wildman–Crippen MR) is 69.2 cm³/mol. The lowest BCUT2D eigenvalue weighted by Crippen LogP contribution is -2.04. The fraction of sp³-hybridized carbons (Fsp3) is 0.182. The molecule has 0 aliphatic rings. The van der Waals surface area contributed by atoms with Crippen molar-refractivity contribution >= 4 is 40.8 Å². The fourth-order valence-corrected chi connectivity index (χ4v) is 1.71. The van der Waals surface area contributed by atoms with Crippen molar-refractivity contribution < 1.29 is 9.53 Å². The number of hydrogen-bond acceptors (Lipinski definition) is 3. The molecule has 0 amide bonds. The molecule has 0 atom stereocenters. The maximum absolute atomic E-state index is 11.2. The zero-order chi connectivity index (χ0) is 13.0. The van der Waals surface area contributed by atoms with Crippen molar-refractivity contribution in [1.82, 2.24) is 0 Å². The summed E-state index contributed by atoms with van der Waals surface area (Å²) in [4.78, 5) is 11.2. The molecule has 0 radical (unpaired) electrons. The fourth-order valence-electron chi connectivity index (χ4n) is 1.07. The number of hydrogen-bond donors (Lipinski definition) is 1. The maximum atomic E-state index is 11.2. The van der Waals surface area contributed by atoms with E-state index in [9.17, 15) is 4.79 Å². The molecule has 0 spiro atoms. The Kier molecular flexibility index (Phi) is 5.12. The van der Waals surface area contributed by atoms with Crippen LogP contribution in [0.4, 0.5) is 0 Å². The molecule has 0 aliphatic carbocycles. The Hall–Kier alpha value is -0.900. The quantitative estimate of drug-likeness (QED) is 0.527. The van der Waals surface area contributed by atoms with Gasteiger partial charge in [-0.3, -0.25) is 0 Å². The number of ether oxygens (including phenoxy) is 1. The summed E-state index contributed by atoms with van der Waals surface area (Å²) in [5.74, 6) is -0.521. The molecule has 0 saturated heterocycles. The van der Waals surface area contributed by atoms with Crippen LogP contribution in [0.5, 0.6) is 0 Å². The van der Waals surface area contributed by atoms with E-state index >= 15 is 0 Å². The van der Waals surface area contributed by atoms with Crippen molar-refractivity contribution in [2.24, 2.45) is 5.73 Å². The molecule has 0 heterocycles. The Bertz CT molecular complexity index is 445. The second-order valence-corrected chi connectivity index (χ2v) is 4.56. The van der Waals surface area contributed by atoms with E-state index in [1.165, 1.54) is 6.08 Å². The molecule has 6 heteroatoms. The van der Waals surface area contributed by atoms with Crippen LogP contribution in [-0.4, -0.2) is 5.97 Å². The van der Waals surface area contributed by atoms with E-state index in [-0.39, 0.29) is 11.6 Å². The van der Waals surface area contributed by atoms with Gasteiger partial charge in [0.1, 0.15) is 6.61 Å². The molecule has 1 rings (SSSR count). The minimum Gasteiger partial charge on any atom is -0.458 e. The van der Waals surface area contributed by atoms with Crippen LogP contribution in [0.1, 0.15) is 12.5 Å². The van der Waals surface area contributed by atoms with Gasteiger partial charge in [-0.15, -0.1) is 0 Å². The Labute approximate surface area is 114 Å². The monoisotopic (exact) mass is 293 g/mol. The molecule has 2 N–H and O–H groups in total. The second kappa shape index (κ2) is 6.15. The highest BCUT2D eigenvalue weighted by atomic mass is 35.5. The van der Waals surface area contributed by atoms with Crippen LogP contribution in [0.15, 0.2) is 23.9 Å². The summed E-state index contributed by atoms with van der Waals surface area (Å²) in [6.07, 6.45) is 1.19. The van der Waals surface area contributed by atoms with Crippen molar-refractivity contribution in [3.63, 3.8) is 0 Å². The highest BCUT2D eigenvalue weighted by molar-refractivity contribution is 6.48. The van der Waals surface area contributed by atoms with Gasteiger partial charge in [0.15, 0.2) is 0 Å². The number of benzene rings is 1. The van der Waals surface area contributed by atoms with Crippen LogP contribution < -0.4 is 5.73 Å². The van der Waals surface area contributed by atoms with E-state index in [0.717, 1.165) is 0 Å². The lowest BCUT2D eigenvalue weighted by molar-refractivity contribution is -0.139. The van der Waals surface area contributed by atoms with Crippen molar-refractivity contribution in [3.8, 4) is 0 Å². The zero-order valence-electron chi connectivity index (χ0n) is 8.97. The predicted octanol–water partition coefficient (Wildman–Crippen LogP) is 3.55. The molecule has 0 aliphatic heterocycles. The topological polar surface area (TPSA) is 52.3 Å². The van der Waals surface area contributed by atoms with Gasteiger partial charge >= 0.3 is 5.97 Å². The third kappa shape index (κ3) is 4.46. The molecular formula is C11H10Cl3NO2. The van der Waals surface area contributed by atoms with Gasteiger partial charge in [0, 0.05) is 11.8 Å². The molecule has 92 valence electrons. The highest BCUT2D eigenvalue weighted by Crippen LogP contribution is 2.31. The van der Waals surface area contributed by atoms with E-state index in [0.29, 0.717) is 21.3 Å². The molecule has 0 aromatic heterocycles. The van der Waals surface area contributed by atoms with Gasteiger partial charge in [-0.05, 0) is 24.6 Å². The van der Waals surface area contributed by atoms with E-state index in [1.807, 2.05) is 0 Å². The van der Waals surface area contributed by atoms with Gasteiger partial charge in [0.05, 0.1) is 15.1 Å². The summed E-state index contributed by atoms with van der Waals surface area (Å²) < 4.78 is 4.93. The minimum absolute atomic E-state index is 0.0548. The molecule has 1 aromatic carbocycles.